The number of carbonyl (C=O) groups excluding carboxylic acids is 3. The van der Waals surface area contributed by atoms with Gasteiger partial charge in [0.2, 0.25) is 5.91 Å². The van der Waals surface area contributed by atoms with Gasteiger partial charge in [-0.2, -0.15) is 0 Å². The van der Waals surface area contributed by atoms with Gasteiger partial charge in [0.15, 0.2) is 11.5 Å². The molecule has 144 valence electrons. The molecule has 0 aliphatic carbocycles. The molecule has 8 heteroatoms. The molecule has 4 rings (SSSR count). The predicted molar refractivity (Wildman–Crippen MR) is 99.1 cm³/mol. The van der Waals surface area contributed by atoms with E-state index < -0.39 is 6.03 Å². The van der Waals surface area contributed by atoms with Crippen LogP contribution in [0.1, 0.15) is 15.9 Å². The molecule has 28 heavy (non-hydrogen) atoms. The molecular formula is C20H19N3O5. The number of imide groups is 1. The lowest BCUT2D eigenvalue weighted by Crippen LogP contribution is -2.41. The Bertz CT molecular complexity index is 914. The van der Waals surface area contributed by atoms with Gasteiger partial charge in [-0.1, -0.05) is 30.3 Å². The van der Waals surface area contributed by atoms with Gasteiger partial charge in [-0.15, -0.1) is 0 Å². The van der Waals surface area contributed by atoms with Crippen molar-refractivity contribution in [2.24, 2.45) is 0 Å². The molecule has 2 aliphatic heterocycles. The van der Waals surface area contributed by atoms with E-state index in [0.717, 1.165) is 4.90 Å². The summed E-state index contributed by atoms with van der Waals surface area (Å²) in [5.74, 6) is 0.715. The number of carbonyl (C=O) groups is 3. The Morgan fingerprint density at radius 1 is 1.11 bits per heavy atom. The van der Waals surface area contributed by atoms with Crippen LogP contribution in [-0.2, 0) is 11.3 Å². The van der Waals surface area contributed by atoms with Gasteiger partial charge in [0.05, 0.1) is 19.6 Å². The van der Waals surface area contributed by atoms with E-state index in [4.69, 9.17) is 9.47 Å². The summed E-state index contributed by atoms with van der Waals surface area (Å²) in [4.78, 5) is 37.4. The fraction of sp³-hybridized carbons (Fsp3) is 0.250. The number of fused-ring (bicyclic) bond motifs is 1. The summed E-state index contributed by atoms with van der Waals surface area (Å²) >= 11 is 0. The average Bonchev–Trinajstić information content (AvgIpc) is 3.04. The standard InChI is InChI=1S/C20H19N3O5/c24-18-10-22-20(26)23(18)11-13-5-1-2-6-15(13)19(25)21-9-14-12-27-16-7-3-4-8-17(16)28-14/h1-8,14H,9-12H2,(H,21,25)(H,22,26)/t14-/m1/s1. The number of nitrogens with one attached hydrogen (secondary N) is 2. The van der Waals surface area contributed by atoms with Crippen molar-refractivity contribution in [2.75, 3.05) is 19.7 Å². The Hall–Kier alpha value is -3.55. The first-order chi connectivity index (χ1) is 13.6. The van der Waals surface area contributed by atoms with Crippen LogP contribution in [0, 0.1) is 0 Å². The maximum Gasteiger partial charge on any atom is 0.324 e. The van der Waals surface area contributed by atoms with Crippen molar-refractivity contribution in [3.05, 3.63) is 59.7 Å². The van der Waals surface area contributed by atoms with Crippen LogP contribution < -0.4 is 20.1 Å². The molecule has 1 fully saturated rings. The lowest BCUT2D eigenvalue weighted by molar-refractivity contribution is -0.125. The summed E-state index contributed by atoms with van der Waals surface area (Å²) in [6.45, 7) is 0.629. The lowest BCUT2D eigenvalue weighted by atomic mass is 10.1. The number of hydrogen-bond acceptors (Lipinski definition) is 5. The topological polar surface area (TPSA) is 97.0 Å². The molecular weight excluding hydrogens is 362 g/mol. The minimum absolute atomic E-state index is 0.0201. The Labute approximate surface area is 161 Å². The van der Waals surface area contributed by atoms with Crippen LogP contribution in [0.15, 0.2) is 48.5 Å². The first-order valence-electron chi connectivity index (χ1n) is 8.94. The van der Waals surface area contributed by atoms with Gasteiger partial charge < -0.3 is 20.1 Å². The first kappa shape index (κ1) is 17.8. The predicted octanol–water partition coefficient (Wildman–Crippen LogP) is 1.31. The molecule has 2 aromatic rings. The zero-order valence-electron chi connectivity index (χ0n) is 15.0. The number of benzene rings is 2. The molecule has 0 spiro atoms. The van der Waals surface area contributed by atoms with E-state index in [2.05, 4.69) is 10.6 Å². The lowest BCUT2D eigenvalue weighted by Gasteiger charge is -2.26. The molecule has 0 radical (unpaired) electrons. The minimum Gasteiger partial charge on any atom is -0.486 e. The van der Waals surface area contributed by atoms with Gasteiger partial charge in [-0.25, -0.2) is 4.79 Å². The highest BCUT2D eigenvalue weighted by Crippen LogP contribution is 2.30. The monoisotopic (exact) mass is 381 g/mol. The maximum absolute atomic E-state index is 12.7. The maximum atomic E-state index is 12.7. The van der Waals surface area contributed by atoms with Crippen molar-refractivity contribution in [3.8, 4) is 11.5 Å². The SMILES string of the molecule is O=C(NC[C@@H]1COc2ccccc2O1)c1ccccc1CN1C(=O)CNC1=O. The molecule has 0 bridgehead atoms. The van der Waals surface area contributed by atoms with E-state index in [-0.39, 0.29) is 37.6 Å². The third kappa shape index (κ3) is 3.62. The zero-order chi connectivity index (χ0) is 19.5. The quantitative estimate of drug-likeness (QED) is 0.761. The van der Waals surface area contributed by atoms with E-state index in [1.165, 1.54) is 0 Å². The third-order valence-corrected chi connectivity index (χ3v) is 4.59. The molecule has 0 saturated carbocycles. The molecule has 2 N–H and O–H groups in total. The highest BCUT2D eigenvalue weighted by molar-refractivity contribution is 6.02. The Balaban J connectivity index is 1.40. The highest BCUT2D eigenvalue weighted by Gasteiger charge is 2.29. The van der Waals surface area contributed by atoms with Crippen LogP contribution in [0.5, 0.6) is 11.5 Å². The number of hydrogen-bond donors (Lipinski definition) is 2. The van der Waals surface area contributed by atoms with Crippen LogP contribution in [-0.4, -0.2) is 48.5 Å². The Kier molecular flexibility index (Phi) is 4.84. The van der Waals surface area contributed by atoms with Crippen LogP contribution in [0.2, 0.25) is 0 Å². The van der Waals surface area contributed by atoms with Crippen LogP contribution in [0.4, 0.5) is 4.79 Å². The summed E-state index contributed by atoms with van der Waals surface area (Å²) < 4.78 is 11.5. The summed E-state index contributed by atoms with van der Waals surface area (Å²) in [6.07, 6.45) is -0.308. The minimum atomic E-state index is -0.452. The van der Waals surface area contributed by atoms with Crippen molar-refractivity contribution >= 4 is 17.8 Å². The number of para-hydroxylation sites is 2. The van der Waals surface area contributed by atoms with Crippen LogP contribution in [0.3, 0.4) is 0 Å². The Morgan fingerprint density at radius 3 is 2.64 bits per heavy atom. The summed E-state index contributed by atoms with van der Waals surface area (Å²) in [5.41, 5.74) is 1.00. The van der Waals surface area contributed by atoms with Crippen LogP contribution >= 0.6 is 0 Å². The normalized spacial score (nSPS) is 18.0. The smallest absolute Gasteiger partial charge is 0.324 e. The van der Waals surface area contributed by atoms with Gasteiger partial charge in [0.1, 0.15) is 12.7 Å². The van der Waals surface area contributed by atoms with E-state index >= 15 is 0 Å². The number of ether oxygens (including phenoxy) is 2. The summed E-state index contributed by atoms with van der Waals surface area (Å²) in [7, 11) is 0. The number of rotatable bonds is 5. The van der Waals surface area contributed by atoms with E-state index in [1.807, 2.05) is 24.3 Å². The number of amides is 4. The highest BCUT2D eigenvalue weighted by atomic mass is 16.6. The van der Waals surface area contributed by atoms with Crippen LogP contribution in [0.25, 0.3) is 0 Å². The molecule has 1 saturated heterocycles. The molecule has 0 aromatic heterocycles. The summed E-state index contributed by atoms with van der Waals surface area (Å²) in [5, 5.41) is 5.31. The number of urea groups is 1. The molecule has 2 heterocycles. The summed E-state index contributed by atoms with van der Waals surface area (Å²) in [6, 6.07) is 13.8. The molecule has 2 aliphatic rings. The Morgan fingerprint density at radius 2 is 1.86 bits per heavy atom. The second-order valence-electron chi connectivity index (χ2n) is 6.50. The van der Waals surface area contributed by atoms with Gasteiger partial charge in [-0.05, 0) is 23.8 Å². The van der Waals surface area contributed by atoms with Crippen molar-refractivity contribution in [1.29, 1.82) is 0 Å². The average molecular weight is 381 g/mol. The van der Waals surface area contributed by atoms with Gasteiger partial charge in [0, 0.05) is 5.56 Å². The van der Waals surface area contributed by atoms with E-state index in [0.29, 0.717) is 29.2 Å². The molecule has 0 unspecified atom stereocenters. The van der Waals surface area contributed by atoms with Crippen molar-refractivity contribution < 1.29 is 23.9 Å². The van der Waals surface area contributed by atoms with Gasteiger partial charge in [-0.3, -0.25) is 14.5 Å². The molecule has 2 aromatic carbocycles. The van der Waals surface area contributed by atoms with Crippen molar-refractivity contribution in [1.82, 2.24) is 15.5 Å². The van der Waals surface area contributed by atoms with Crippen molar-refractivity contribution in [2.45, 2.75) is 12.6 Å². The van der Waals surface area contributed by atoms with Crippen molar-refractivity contribution in [3.63, 3.8) is 0 Å². The van der Waals surface area contributed by atoms with E-state index in [1.54, 1.807) is 24.3 Å². The fourth-order valence-electron chi connectivity index (χ4n) is 3.13. The third-order valence-electron chi connectivity index (χ3n) is 4.59. The number of nitrogens with zero attached hydrogens (tertiary/aromatic N) is 1. The van der Waals surface area contributed by atoms with Gasteiger partial charge in [0.25, 0.3) is 5.91 Å². The second kappa shape index (κ2) is 7.59. The molecule has 1 atom stereocenters. The first-order valence-corrected chi connectivity index (χ1v) is 8.94. The second-order valence-corrected chi connectivity index (χ2v) is 6.50. The van der Waals surface area contributed by atoms with Gasteiger partial charge >= 0.3 is 6.03 Å². The molecule has 8 nitrogen and oxygen atoms in total. The fourth-order valence-corrected chi connectivity index (χ4v) is 3.13. The largest absolute Gasteiger partial charge is 0.486 e. The molecule has 4 amide bonds. The zero-order valence-corrected chi connectivity index (χ0v) is 15.0. The van der Waals surface area contributed by atoms with E-state index in [9.17, 15) is 14.4 Å².